The number of rotatable bonds is 7. The van der Waals surface area contributed by atoms with Gasteiger partial charge in [0.2, 0.25) is 0 Å². The van der Waals surface area contributed by atoms with Crippen LogP contribution in [0.1, 0.15) is 23.0 Å². The summed E-state index contributed by atoms with van der Waals surface area (Å²) in [5.74, 6) is -0.146. The molecule has 2 atom stereocenters. The van der Waals surface area contributed by atoms with E-state index >= 15 is 0 Å². The topological polar surface area (TPSA) is 105 Å². The number of fused-ring (bicyclic) bond motifs is 1. The van der Waals surface area contributed by atoms with Crippen molar-refractivity contribution in [2.45, 2.75) is 24.6 Å². The van der Waals surface area contributed by atoms with Crippen molar-refractivity contribution < 1.29 is 23.4 Å². The van der Waals surface area contributed by atoms with Gasteiger partial charge >= 0.3 is 6.55 Å². The highest BCUT2D eigenvalue weighted by Crippen LogP contribution is 2.44. The largest absolute Gasteiger partial charge is 0.393 e. The van der Waals surface area contributed by atoms with Crippen LogP contribution in [0.5, 0.6) is 0 Å². The van der Waals surface area contributed by atoms with Crippen molar-refractivity contribution in [1.82, 2.24) is 15.2 Å². The van der Waals surface area contributed by atoms with Crippen LogP contribution in [0.15, 0.2) is 58.3 Å². The van der Waals surface area contributed by atoms with Gasteiger partial charge in [-0.3, -0.25) is 4.99 Å². The third-order valence-corrected chi connectivity index (χ3v) is 6.40. The molecule has 3 heterocycles. The molecule has 0 spiro atoms. The summed E-state index contributed by atoms with van der Waals surface area (Å²) in [4.78, 5) is 10.7. The second kappa shape index (κ2) is 9.26. The molecule has 33 heavy (non-hydrogen) atoms. The van der Waals surface area contributed by atoms with Crippen LogP contribution >= 0.6 is 22.9 Å². The minimum atomic E-state index is -2.81. The van der Waals surface area contributed by atoms with Gasteiger partial charge in [0.15, 0.2) is 10.8 Å². The maximum absolute atomic E-state index is 13.7. The van der Waals surface area contributed by atoms with E-state index in [1.807, 2.05) is 5.32 Å². The second-order valence-corrected chi connectivity index (χ2v) is 8.88. The van der Waals surface area contributed by atoms with E-state index in [9.17, 15) is 23.4 Å². The number of thiazole rings is 1. The zero-order valence-corrected chi connectivity index (χ0v) is 18.5. The molecule has 0 unspecified atom stereocenters. The van der Waals surface area contributed by atoms with Crippen molar-refractivity contribution >= 4 is 34.5 Å². The van der Waals surface area contributed by atoms with Crippen LogP contribution in [-0.4, -0.2) is 56.9 Å². The van der Waals surface area contributed by atoms with Crippen LogP contribution < -0.4 is 5.32 Å². The number of nitrogens with zero attached hydrogens (tertiary/aromatic N) is 3. The Bertz CT molecular complexity index is 1150. The lowest BCUT2D eigenvalue weighted by molar-refractivity contribution is -0.000761. The Morgan fingerprint density at radius 3 is 2.88 bits per heavy atom. The predicted molar refractivity (Wildman–Crippen MR) is 119 cm³/mol. The van der Waals surface area contributed by atoms with Crippen molar-refractivity contribution in [3.63, 3.8) is 0 Å². The van der Waals surface area contributed by atoms with Crippen molar-refractivity contribution in [2.24, 2.45) is 4.99 Å². The van der Waals surface area contributed by atoms with Gasteiger partial charge < -0.3 is 25.8 Å². The standard InChI is InChI=1S/C21H19ClF3N5O2S/c22-13-7-11(23)1-2-12(13)17-16(14(26)3-4-28-20(24)25)15-8-21(32,10-31)9-30(15)18(29-17)19-27-5-6-33-19/h1-7,17,20,26,28,31-32H,8-10H2/b4-3-,26-14?/t17-,21-/m0/s1. The van der Waals surface area contributed by atoms with Gasteiger partial charge in [-0.15, -0.1) is 11.3 Å². The Labute approximate surface area is 196 Å². The van der Waals surface area contributed by atoms with Crippen LogP contribution in [0, 0.1) is 11.2 Å². The molecule has 1 aromatic heterocycles. The zero-order valence-electron chi connectivity index (χ0n) is 17.0. The number of hydrogen-bond acceptors (Lipinski definition) is 8. The molecule has 2 aromatic rings. The van der Waals surface area contributed by atoms with Crippen molar-refractivity contribution in [2.75, 3.05) is 13.2 Å². The highest BCUT2D eigenvalue weighted by Gasteiger charge is 2.46. The minimum Gasteiger partial charge on any atom is -0.393 e. The second-order valence-electron chi connectivity index (χ2n) is 7.58. The first-order valence-electron chi connectivity index (χ1n) is 9.78. The summed E-state index contributed by atoms with van der Waals surface area (Å²) in [7, 11) is 0. The van der Waals surface area contributed by atoms with E-state index in [4.69, 9.17) is 22.0 Å². The fourth-order valence-electron chi connectivity index (χ4n) is 3.87. The number of aliphatic hydroxyl groups is 2. The monoisotopic (exact) mass is 497 g/mol. The molecule has 4 N–H and O–H groups in total. The number of halogens is 4. The minimum absolute atomic E-state index is 0.00308. The van der Waals surface area contributed by atoms with E-state index in [0.29, 0.717) is 27.7 Å². The maximum atomic E-state index is 13.7. The predicted octanol–water partition coefficient (Wildman–Crippen LogP) is 3.47. The number of alkyl halides is 2. The SMILES string of the molecule is N=C(/C=C\NC(F)F)C1=C2C[C@@](O)(CO)CN2C(c2nccs2)=N[C@H]1c1ccc(F)cc1Cl. The summed E-state index contributed by atoms with van der Waals surface area (Å²) in [6.07, 6.45) is 3.67. The van der Waals surface area contributed by atoms with Gasteiger partial charge in [-0.1, -0.05) is 17.7 Å². The van der Waals surface area contributed by atoms with E-state index in [2.05, 4.69) is 4.98 Å². The molecule has 1 fully saturated rings. The third-order valence-electron chi connectivity index (χ3n) is 5.30. The van der Waals surface area contributed by atoms with Crippen molar-refractivity contribution in [3.8, 4) is 0 Å². The molecular weight excluding hydrogens is 479 g/mol. The molecule has 174 valence electrons. The lowest BCUT2D eigenvalue weighted by Crippen LogP contribution is -2.40. The van der Waals surface area contributed by atoms with E-state index in [1.165, 1.54) is 23.5 Å². The average Bonchev–Trinajstić information content (AvgIpc) is 3.40. The molecule has 0 saturated carbocycles. The smallest absolute Gasteiger partial charge is 0.312 e. The molecule has 12 heteroatoms. The first-order chi connectivity index (χ1) is 15.7. The molecule has 1 saturated heterocycles. The highest BCUT2D eigenvalue weighted by molar-refractivity contribution is 7.11. The Kier molecular flexibility index (Phi) is 6.57. The fourth-order valence-corrected chi connectivity index (χ4v) is 4.78. The Morgan fingerprint density at radius 2 is 2.24 bits per heavy atom. The number of aliphatic imine (C=N–C) groups is 1. The van der Waals surface area contributed by atoms with Gasteiger partial charge in [-0.05, 0) is 18.2 Å². The lowest BCUT2D eigenvalue weighted by Gasteiger charge is -2.32. The first kappa shape index (κ1) is 23.4. The summed E-state index contributed by atoms with van der Waals surface area (Å²) in [6.45, 7) is -3.35. The number of aliphatic hydroxyl groups excluding tert-OH is 1. The number of nitrogens with one attached hydrogen (secondary N) is 2. The van der Waals surface area contributed by atoms with E-state index in [1.54, 1.807) is 16.5 Å². The first-order valence-corrected chi connectivity index (χ1v) is 11.0. The molecule has 0 bridgehead atoms. The number of allylic oxidation sites excluding steroid dienone is 1. The number of amidine groups is 1. The van der Waals surface area contributed by atoms with Crippen LogP contribution in [0.25, 0.3) is 0 Å². The van der Waals surface area contributed by atoms with Crippen LogP contribution in [0.4, 0.5) is 13.2 Å². The van der Waals surface area contributed by atoms with E-state index < -0.39 is 30.6 Å². The summed E-state index contributed by atoms with van der Waals surface area (Å²) in [5, 5.41) is 33.4. The van der Waals surface area contributed by atoms with Crippen LogP contribution in [0.3, 0.4) is 0 Å². The molecule has 2 aliphatic heterocycles. The Morgan fingerprint density at radius 1 is 1.45 bits per heavy atom. The van der Waals surface area contributed by atoms with Crippen molar-refractivity contribution in [1.29, 1.82) is 5.41 Å². The maximum Gasteiger partial charge on any atom is 0.312 e. The van der Waals surface area contributed by atoms with E-state index in [-0.39, 0.29) is 23.7 Å². The van der Waals surface area contributed by atoms with Gasteiger partial charge in [0, 0.05) is 46.1 Å². The zero-order chi connectivity index (χ0) is 23.8. The summed E-state index contributed by atoms with van der Waals surface area (Å²) >= 11 is 7.64. The van der Waals surface area contributed by atoms with Crippen molar-refractivity contribution in [3.05, 3.63) is 74.7 Å². The Balaban J connectivity index is 1.90. The van der Waals surface area contributed by atoms with Crippen LogP contribution in [0.2, 0.25) is 5.02 Å². The lowest BCUT2D eigenvalue weighted by atomic mass is 9.90. The number of hydrogen-bond donors (Lipinski definition) is 4. The van der Waals surface area contributed by atoms with E-state index in [0.717, 1.165) is 18.3 Å². The summed E-state index contributed by atoms with van der Waals surface area (Å²) < 4.78 is 38.8. The third kappa shape index (κ3) is 4.67. The molecule has 1 aromatic carbocycles. The molecular formula is C21H19ClF3N5O2S. The molecule has 0 radical (unpaired) electrons. The van der Waals surface area contributed by atoms with Gasteiger partial charge in [0.05, 0.1) is 18.9 Å². The van der Waals surface area contributed by atoms with Gasteiger partial charge in [0.25, 0.3) is 0 Å². The number of aromatic nitrogens is 1. The van der Waals surface area contributed by atoms with Gasteiger partial charge in [0.1, 0.15) is 17.5 Å². The normalized spacial score (nSPS) is 22.8. The molecule has 7 nitrogen and oxygen atoms in total. The highest BCUT2D eigenvalue weighted by atomic mass is 35.5. The molecule has 0 aliphatic carbocycles. The van der Waals surface area contributed by atoms with Gasteiger partial charge in [-0.2, -0.15) is 8.78 Å². The summed E-state index contributed by atoms with van der Waals surface area (Å²) in [5.41, 5.74) is -0.499. The molecule has 2 aliphatic rings. The molecule has 4 rings (SSSR count). The fraction of sp³-hybridized carbons (Fsp3) is 0.286. The quantitative estimate of drug-likeness (QED) is 0.346. The average molecular weight is 498 g/mol. The number of benzene rings is 1. The molecule has 0 amide bonds. The summed E-state index contributed by atoms with van der Waals surface area (Å²) in [6, 6.07) is 2.89. The Hall–Kier alpha value is -2.73. The van der Waals surface area contributed by atoms with Crippen LogP contribution in [-0.2, 0) is 0 Å². The van der Waals surface area contributed by atoms with Gasteiger partial charge in [-0.25, -0.2) is 9.37 Å².